The molecule has 1 rings (SSSR count). The summed E-state index contributed by atoms with van der Waals surface area (Å²) in [6.07, 6.45) is 1.62. The van der Waals surface area contributed by atoms with Gasteiger partial charge in [-0.25, -0.2) is 13.2 Å². The van der Waals surface area contributed by atoms with E-state index in [0.717, 1.165) is 24.3 Å². The van der Waals surface area contributed by atoms with Crippen LogP contribution in [0.1, 0.15) is 19.4 Å². The summed E-state index contributed by atoms with van der Waals surface area (Å²) in [7, 11) is 0. The zero-order chi connectivity index (χ0) is 12.1. The summed E-state index contributed by atoms with van der Waals surface area (Å²) in [5.41, 5.74) is 1.25. The van der Waals surface area contributed by atoms with Gasteiger partial charge in [-0.2, -0.15) is 0 Å². The molecule has 0 amide bonds. The monoisotopic (exact) mass is 229 g/mol. The second-order valence-corrected chi connectivity index (χ2v) is 3.57. The maximum atomic E-state index is 12.9. The number of hydrogen-bond acceptors (Lipinski definition) is 1. The highest BCUT2D eigenvalue weighted by molar-refractivity contribution is 5.52. The van der Waals surface area contributed by atoms with Crippen LogP contribution >= 0.6 is 0 Å². The second-order valence-electron chi connectivity index (χ2n) is 3.57. The molecule has 0 spiro atoms. The van der Waals surface area contributed by atoms with Gasteiger partial charge in [0.15, 0.2) is 17.5 Å². The van der Waals surface area contributed by atoms with Crippen molar-refractivity contribution in [1.29, 1.82) is 0 Å². The third kappa shape index (κ3) is 3.38. The standard InChI is InChI=1S/C12H14F3N/c1-3-16-7-8(2)4-9-5-10(13)12(15)11(14)6-9/h4-6,16H,3,7H2,1-2H3. The van der Waals surface area contributed by atoms with Gasteiger partial charge >= 0.3 is 0 Å². The summed E-state index contributed by atoms with van der Waals surface area (Å²) in [5.74, 6) is -3.76. The molecular weight excluding hydrogens is 215 g/mol. The number of nitrogens with one attached hydrogen (secondary N) is 1. The van der Waals surface area contributed by atoms with Crippen molar-refractivity contribution in [1.82, 2.24) is 5.32 Å². The fourth-order valence-corrected chi connectivity index (χ4v) is 1.32. The van der Waals surface area contributed by atoms with Crippen LogP contribution in [0.3, 0.4) is 0 Å². The molecule has 0 bridgehead atoms. The molecule has 0 atom stereocenters. The van der Waals surface area contributed by atoms with Crippen molar-refractivity contribution in [3.63, 3.8) is 0 Å². The first kappa shape index (κ1) is 12.8. The first-order valence-corrected chi connectivity index (χ1v) is 5.07. The third-order valence-electron chi connectivity index (χ3n) is 2.07. The van der Waals surface area contributed by atoms with E-state index in [4.69, 9.17) is 0 Å². The van der Waals surface area contributed by atoms with Crippen LogP contribution in [0.15, 0.2) is 17.7 Å². The van der Waals surface area contributed by atoms with Gasteiger partial charge in [0.2, 0.25) is 0 Å². The lowest BCUT2D eigenvalue weighted by molar-refractivity contribution is 0.447. The van der Waals surface area contributed by atoms with Gasteiger partial charge in [0.25, 0.3) is 0 Å². The molecule has 1 nitrogen and oxygen atoms in total. The largest absolute Gasteiger partial charge is 0.313 e. The summed E-state index contributed by atoms with van der Waals surface area (Å²) in [6, 6.07) is 1.96. The van der Waals surface area contributed by atoms with Crippen molar-refractivity contribution < 1.29 is 13.2 Å². The van der Waals surface area contributed by atoms with Crippen LogP contribution in [0.25, 0.3) is 6.08 Å². The molecular formula is C12H14F3N. The Kier molecular flexibility index (Phi) is 4.55. The Morgan fingerprint density at radius 2 is 1.81 bits per heavy atom. The molecule has 0 aromatic heterocycles. The predicted molar refractivity (Wildman–Crippen MR) is 58.5 cm³/mol. The van der Waals surface area contributed by atoms with Gasteiger partial charge in [0.05, 0.1) is 0 Å². The summed E-state index contributed by atoms with van der Waals surface area (Å²) in [6.45, 7) is 5.25. The van der Waals surface area contributed by atoms with E-state index in [0.29, 0.717) is 12.1 Å². The maximum Gasteiger partial charge on any atom is 0.194 e. The minimum atomic E-state index is -1.43. The molecule has 0 unspecified atom stereocenters. The highest BCUT2D eigenvalue weighted by Gasteiger charge is 2.09. The summed E-state index contributed by atoms with van der Waals surface area (Å²) in [4.78, 5) is 0. The molecule has 88 valence electrons. The van der Waals surface area contributed by atoms with Crippen molar-refractivity contribution in [2.75, 3.05) is 13.1 Å². The summed E-state index contributed by atoms with van der Waals surface area (Å²) >= 11 is 0. The van der Waals surface area contributed by atoms with E-state index in [-0.39, 0.29) is 0 Å². The first-order chi connectivity index (χ1) is 7.54. The van der Waals surface area contributed by atoms with E-state index >= 15 is 0 Å². The molecule has 1 aromatic carbocycles. The zero-order valence-electron chi connectivity index (χ0n) is 9.28. The fourth-order valence-electron chi connectivity index (χ4n) is 1.32. The number of likely N-dealkylation sites (N-methyl/N-ethyl adjacent to an activating group) is 1. The predicted octanol–water partition coefficient (Wildman–Crippen LogP) is 3.12. The molecule has 16 heavy (non-hydrogen) atoms. The molecule has 0 aliphatic rings. The average Bonchev–Trinajstić information content (AvgIpc) is 2.23. The number of halogens is 3. The Morgan fingerprint density at radius 3 is 2.31 bits per heavy atom. The molecule has 0 heterocycles. The lowest BCUT2D eigenvalue weighted by Gasteiger charge is -2.03. The van der Waals surface area contributed by atoms with E-state index in [1.807, 2.05) is 13.8 Å². The van der Waals surface area contributed by atoms with Crippen LogP contribution < -0.4 is 5.32 Å². The normalized spacial score (nSPS) is 11.9. The van der Waals surface area contributed by atoms with Crippen LogP contribution in [0, 0.1) is 17.5 Å². The lowest BCUT2D eigenvalue weighted by atomic mass is 10.1. The zero-order valence-corrected chi connectivity index (χ0v) is 9.28. The minimum Gasteiger partial charge on any atom is -0.313 e. The maximum absolute atomic E-state index is 12.9. The SMILES string of the molecule is CCNCC(C)=Cc1cc(F)c(F)c(F)c1. The minimum absolute atomic E-state index is 0.326. The quantitative estimate of drug-likeness (QED) is 0.782. The average molecular weight is 229 g/mol. The molecule has 0 saturated carbocycles. The topological polar surface area (TPSA) is 12.0 Å². The molecule has 0 fully saturated rings. The van der Waals surface area contributed by atoms with E-state index in [9.17, 15) is 13.2 Å². The molecule has 0 aliphatic heterocycles. The molecule has 1 N–H and O–H groups in total. The Balaban J connectivity index is 2.89. The van der Waals surface area contributed by atoms with Crippen LogP contribution in [0.2, 0.25) is 0 Å². The highest BCUT2D eigenvalue weighted by Crippen LogP contribution is 2.15. The molecule has 1 aromatic rings. The first-order valence-electron chi connectivity index (χ1n) is 5.07. The lowest BCUT2D eigenvalue weighted by Crippen LogP contribution is -2.14. The van der Waals surface area contributed by atoms with Crippen molar-refractivity contribution >= 4 is 6.08 Å². The highest BCUT2D eigenvalue weighted by atomic mass is 19.2. The van der Waals surface area contributed by atoms with Gasteiger partial charge in [-0.05, 0) is 31.2 Å². The van der Waals surface area contributed by atoms with Gasteiger partial charge in [-0.3, -0.25) is 0 Å². The van der Waals surface area contributed by atoms with E-state index in [2.05, 4.69) is 5.32 Å². The van der Waals surface area contributed by atoms with Gasteiger partial charge in [-0.1, -0.05) is 18.6 Å². The number of benzene rings is 1. The molecule has 0 radical (unpaired) electrons. The second kappa shape index (κ2) is 5.70. The number of hydrogen-bond donors (Lipinski definition) is 1. The van der Waals surface area contributed by atoms with Gasteiger partial charge in [0.1, 0.15) is 0 Å². The Morgan fingerprint density at radius 1 is 1.25 bits per heavy atom. The van der Waals surface area contributed by atoms with Gasteiger partial charge in [-0.15, -0.1) is 0 Å². The number of rotatable bonds is 4. The van der Waals surface area contributed by atoms with Crippen molar-refractivity contribution in [2.45, 2.75) is 13.8 Å². The van der Waals surface area contributed by atoms with Crippen LogP contribution in [-0.4, -0.2) is 13.1 Å². The van der Waals surface area contributed by atoms with Crippen molar-refractivity contribution in [3.05, 3.63) is 40.7 Å². The van der Waals surface area contributed by atoms with Crippen LogP contribution in [0.4, 0.5) is 13.2 Å². The Bertz CT molecular complexity index is 376. The van der Waals surface area contributed by atoms with Crippen LogP contribution in [0.5, 0.6) is 0 Å². The van der Waals surface area contributed by atoms with E-state index in [1.165, 1.54) is 0 Å². The fraction of sp³-hybridized carbons (Fsp3) is 0.333. The smallest absolute Gasteiger partial charge is 0.194 e. The van der Waals surface area contributed by atoms with Crippen molar-refractivity contribution in [3.8, 4) is 0 Å². The summed E-state index contributed by atoms with van der Waals surface area (Å²) in [5, 5.41) is 3.08. The molecule has 4 heteroatoms. The Hall–Kier alpha value is -1.29. The third-order valence-corrected chi connectivity index (χ3v) is 2.07. The van der Waals surface area contributed by atoms with E-state index < -0.39 is 17.5 Å². The molecule has 0 saturated heterocycles. The summed E-state index contributed by atoms with van der Waals surface area (Å²) < 4.78 is 38.4. The van der Waals surface area contributed by atoms with E-state index in [1.54, 1.807) is 6.08 Å². The molecule has 0 aliphatic carbocycles. The van der Waals surface area contributed by atoms with Gasteiger partial charge in [0, 0.05) is 6.54 Å². The van der Waals surface area contributed by atoms with Crippen molar-refractivity contribution in [2.24, 2.45) is 0 Å². The van der Waals surface area contributed by atoms with Crippen LogP contribution in [-0.2, 0) is 0 Å². The Labute approximate surface area is 93.0 Å². The van der Waals surface area contributed by atoms with Gasteiger partial charge < -0.3 is 5.32 Å².